The molecular formula is C24H23N3O6. The van der Waals surface area contributed by atoms with Crippen LogP contribution in [0.1, 0.15) is 34.5 Å². The molecule has 3 saturated heterocycles. The molecule has 3 fully saturated rings. The Hall–Kier alpha value is -3.27. The van der Waals surface area contributed by atoms with Crippen LogP contribution in [-0.4, -0.2) is 39.6 Å². The largest absolute Gasteiger partial charge is 0.371 e. The molecule has 3 aromatic rings. The molecule has 2 aromatic carbocycles. The summed E-state index contributed by atoms with van der Waals surface area (Å²) in [5.74, 6) is 0. The zero-order chi connectivity index (χ0) is 22.5. The average Bonchev–Trinajstić information content (AvgIpc) is 3.69. The molecule has 0 bridgehead atoms. The first-order valence-electron chi connectivity index (χ1n) is 11.0. The molecule has 3 atom stereocenters. The second-order valence-corrected chi connectivity index (χ2v) is 8.71. The average molecular weight is 449 g/mol. The normalized spacial score (nSPS) is 22.8. The highest BCUT2D eigenvalue weighted by Crippen LogP contribution is 2.30. The van der Waals surface area contributed by atoms with Gasteiger partial charge in [0, 0.05) is 0 Å². The van der Waals surface area contributed by atoms with E-state index >= 15 is 0 Å². The summed E-state index contributed by atoms with van der Waals surface area (Å²) in [6.07, 6.45) is 0.0973. The van der Waals surface area contributed by atoms with Gasteiger partial charge in [-0.1, -0.05) is 48.5 Å². The Balaban J connectivity index is 1.36. The number of ether oxygens (including phenoxy) is 3. The van der Waals surface area contributed by atoms with Gasteiger partial charge in [0.2, 0.25) is 0 Å². The van der Waals surface area contributed by atoms with Crippen LogP contribution < -0.4 is 17.1 Å². The van der Waals surface area contributed by atoms with Crippen molar-refractivity contribution in [2.45, 2.75) is 37.9 Å². The lowest BCUT2D eigenvalue weighted by Gasteiger charge is -2.14. The van der Waals surface area contributed by atoms with Crippen LogP contribution in [0.15, 0.2) is 62.9 Å². The molecule has 0 radical (unpaired) electrons. The van der Waals surface area contributed by atoms with Crippen molar-refractivity contribution in [2.75, 3.05) is 19.8 Å². The number of hydrogen-bond acceptors (Lipinski definition) is 6. The van der Waals surface area contributed by atoms with Crippen LogP contribution in [0.4, 0.5) is 0 Å². The molecule has 9 nitrogen and oxygen atoms in total. The van der Waals surface area contributed by atoms with Gasteiger partial charge in [-0.05, 0) is 22.3 Å². The van der Waals surface area contributed by atoms with E-state index in [2.05, 4.69) is 0 Å². The van der Waals surface area contributed by atoms with Crippen molar-refractivity contribution in [1.29, 1.82) is 0 Å². The van der Waals surface area contributed by atoms with Gasteiger partial charge in [-0.15, -0.1) is 0 Å². The van der Waals surface area contributed by atoms with Gasteiger partial charge in [-0.25, -0.2) is 28.1 Å². The van der Waals surface area contributed by atoms with Crippen molar-refractivity contribution >= 4 is 0 Å². The quantitative estimate of drug-likeness (QED) is 0.472. The highest BCUT2D eigenvalue weighted by Gasteiger charge is 2.28. The third-order valence-electron chi connectivity index (χ3n) is 6.23. The van der Waals surface area contributed by atoms with Gasteiger partial charge >= 0.3 is 17.1 Å². The molecule has 3 aliphatic rings. The minimum Gasteiger partial charge on any atom is -0.371 e. The summed E-state index contributed by atoms with van der Waals surface area (Å²) in [7, 11) is 0. The molecule has 170 valence electrons. The van der Waals surface area contributed by atoms with E-state index in [1.165, 1.54) is 0 Å². The summed E-state index contributed by atoms with van der Waals surface area (Å²) in [6.45, 7) is 2.22. The molecule has 4 heterocycles. The molecule has 0 N–H and O–H groups in total. The van der Waals surface area contributed by atoms with E-state index in [4.69, 9.17) is 14.2 Å². The van der Waals surface area contributed by atoms with Crippen molar-refractivity contribution in [2.24, 2.45) is 0 Å². The second kappa shape index (κ2) is 7.95. The van der Waals surface area contributed by atoms with Crippen LogP contribution in [0.25, 0.3) is 0 Å². The van der Waals surface area contributed by atoms with Crippen LogP contribution in [0.3, 0.4) is 0 Å². The fraction of sp³-hybridized carbons (Fsp3) is 0.375. The van der Waals surface area contributed by atoms with Gasteiger partial charge in [0.1, 0.15) is 12.2 Å². The Bertz CT molecular complexity index is 1260. The molecule has 3 unspecified atom stereocenters. The minimum absolute atomic E-state index is 0.0766. The lowest BCUT2D eigenvalue weighted by Crippen LogP contribution is -2.55. The van der Waals surface area contributed by atoms with Crippen molar-refractivity contribution in [1.82, 2.24) is 13.7 Å². The van der Waals surface area contributed by atoms with Crippen molar-refractivity contribution < 1.29 is 14.2 Å². The summed E-state index contributed by atoms with van der Waals surface area (Å²) >= 11 is 0. The predicted molar refractivity (Wildman–Crippen MR) is 117 cm³/mol. The number of nitrogens with zero attached hydrogens (tertiary/aromatic N) is 3. The molecule has 0 saturated carbocycles. The Labute approximate surface area is 188 Å². The molecule has 0 spiro atoms. The Kier molecular flexibility index (Phi) is 4.90. The third-order valence-corrected chi connectivity index (χ3v) is 6.23. The summed E-state index contributed by atoms with van der Waals surface area (Å²) < 4.78 is 19.2. The zero-order valence-corrected chi connectivity index (χ0v) is 17.9. The Morgan fingerprint density at radius 2 is 1.00 bits per heavy atom. The topological polar surface area (TPSA) is 104 Å². The fourth-order valence-electron chi connectivity index (χ4n) is 4.01. The monoisotopic (exact) mass is 449 g/mol. The van der Waals surface area contributed by atoms with E-state index in [1.54, 1.807) is 0 Å². The van der Waals surface area contributed by atoms with Crippen molar-refractivity contribution in [3.8, 4) is 0 Å². The van der Waals surface area contributed by atoms with Crippen molar-refractivity contribution in [3.63, 3.8) is 0 Å². The zero-order valence-electron chi connectivity index (χ0n) is 17.9. The number of epoxide rings is 3. The number of benzene rings is 2. The van der Waals surface area contributed by atoms with E-state index in [0.29, 0.717) is 19.8 Å². The van der Waals surface area contributed by atoms with Gasteiger partial charge in [0.05, 0.1) is 45.6 Å². The van der Waals surface area contributed by atoms with E-state index < -0.39 is 17.1 Å². The molecule has 6 rings (SSSR count). The second-order valence-electron chi connectivity index (χ2n) is 8.71. The van der Waals surface area contributed by atoms with Gasteiger partial charge in [0.15, 0.2) is 0 Å². The summed E-state index contributed by atoms with van der Waals surface area (Å²) in [5.41, 5.74) is 1.87. The SMILES string of the molecule is O=c1n(Cc2ccc(C3CO3)cc2)c(=O)n(CC2CO2)c(=O)n1Cc1ccc(C2CO2)cc1. The highest BCUT2D eigenvalue weighted by molar-refractivity contribution is 5.27. The van der Waals surface area contributed by atoms with Crippen molar-refractivity contribution in [3.05, 3.63) is 102 Å². The van der Waals surface area contributed by atoms with E-state index in [9.17, 15) is 14.4 Å². The number of hydrogen-bond donors (Lipinski definition) is 0. The van der Waals surface area contributed by atoms with E-state index in [1.807, 2.05) is 48.5 Å². The van der Waals surface area contributed by atoms with Gasteiger partial charge < -0.3 is 14.2 Å². The molecule has 9 heteroatoms. The summed E-state index contributed by atoms with van der Waals surface area (Å²) in [5, 5.41) is 0. The maximum Gasteiger partial charge on any atom is 0.336 e. The van der Waals surface area contributed by atoms with Crippen LogP contribution in [-0.2, 0) is 33.8 Å². The molecule has 0 amide bonds. The summed E-state index contributed by atoms with van der Waals surface area (Å²) in [4.78, 5) is 39.5. The first-order valence-corrected chi connectivity index (χ1v) is 11.0. The lowest BCUT2D eigenvalue weighted by molar-refractivity contribution is 0.362. The number of aromatic nitrogens is 3. The standard InChI is InChI=1S/C24H23N3O6/c28-22-25(9-15-1-5-17(6-2-15)20-13-32-20)23(29)27(11-19-12-31-19)24(30)26(22)10-16-3-7-18(8-4-16)21-14-33-21/h1-8,19-21H,9-14H2. The smallest absolute Gasteiger partial charge is 0.336 e. The highest BCUT2D eigenvalue weighted by atomic mass is 16.6. The predicted octanol–water partition coefficient (Wildman–Crippen LogP) is 0.810. The van der Waals surface area contributed by atoms with Gasteiger partial charge in [-0.3, -0.25) is 0 Å². The molecule has 1 aromatic heterocycles. The Morgan fingerprint density at radius 1 is 0.606 bits per heavy atom. The summed E-state index contributed by atoms with van der Waals surface area (Å²) in [6, 6.07) is 15.3. The van der Waals surface area contributed by atoms with Crippen LogP contribution >= 0.6 is 0 Å². The first-order chi connectivity index (χ1) is 16.1. The Morgan fingerprint density at radius 3 is 1.36 bits per heavy atom. The molecule has 3 aliphatic heterocycles. The van der Waals surface area contributed by atoms with Crippen LogP contribution in [0, 0.1) is 0 Å². The first kappa shape index (κ1) is 20.3. The third kappa shape index (κ3) is 4.22. The minimum atomic E-state index is -0.623. The van der Waals surface area contributed by atoms with Gasteiger partial charge in [-0.2, -0.15) is 0 Å². The van der Waals surface area contributed by atoms with Crippen LogP contribution in [0.2, 0.25) is 0 Å². The molecular weight excluding hydrogens is 426 g/mol. The van der Waals surface area contributed by atoms with E-state index in [-0.39, 0.29) is 37.9 Å². The van der Waals surface area contributed by atoms with Gasteiger partial charge in [0.25, 0.3) is 0 Å². The lowest BCUT2D eigenvalue weighted by atomic mass is 10.1. The van der Waals surface area contributed by atoms with Crippen LogP contribution in [0.5, 0.6) is 0 Å². The maximum absolute atomic E-state index is 13.3. The molecule has 33 heavy (non-hydrogen) atoms. The number of rotatable bonds is 8. The molecule has 0 aliphatic carbocycles. The van der Waals surface area contributed by atoms with E-state index in [0.717, 1.165) is 36.0 Å². The maximum atomic E-state index is 13.3. The fourth-order valence-corrected chi connectivity index (χ4v) is 4.01.